The van der Waals surface area contributed by atoms with E-state index in [2.05, 4.69) is 10.2 Å². The highest BCUT2D eigenvalue weighted by molar-refractivity contribution is 5.92. The van der Waals surface area contributed by atoms with Crippen LogP contribution in [0.15, 0.2) is 48.5 Å². The fourth-order valence-corrected chi connectivity index (χ4v) is 3.13. The Bertz CT molecular complexity index is 800. The third-order valence-corrected chi connectivity index (χ3v) is 4.63. The van der Waals surface area contributed by atoms with Crippen LogP contribution in [0.3, 0.4) is 0 Å². The van der Waals surface area contributed by atoms with E-state index in [0.29, 0.717) is 19.6 Å². The van der Waals surface area contributed by atoms with Gasteiger partial charge in [-0.1, -0.05) is 18.2 Å². The number of anilines is 1. The average Bonchev–Trinajstić information content (AvgIpc) is 2.65. The van der Waals surface area contributed by atoms with Crippen molar-refractivity contribution < 1.29 is 22.4 Å². The molecular weight excluding hydrogens is 374 g/mol. The lowest BCUT2D eigenvalue weighted by molar-refractivity contribution is -0.137. The van der Waals surface area contributed by atoms with E-state index in [0.717, 1.165) is 30.8 Å². The molecule has 1 amide bonds. The highest BCUT2D eigenvalue weighted by Crippen LogP contribution is 2.30. The van der Waals surface area contributed by atoms with E-state index >= 15 is 0 Å². The van der Waals surface area contributed by atoms with E-state index in [1.165, 1.54) is 24.3 Å². The summed E-state index contributed by atoms with van der Waals surface area (Å²) in [5, 5.41) is 2.53. The summed E-state index contributed by atoms with van der Waals surface area (Å²) in [6.07, 6.45) is -4.44. The summed E-state index contributed by atoms with van der Waals surface area (Å²) in [6.45, 7) is 3.71. The van der Waals surface area contributed by atoms with Crippen molar-refractivity contribution in [2.45, 2.75) is 12.7 Å². The summed E-state index contributed by atoms with van der Waals surface area (Å²) in [5.74, 6) is -0.605. The summed E-state index contributed by atoms with van der Waals surface area (Å²) in [6, 6.07) is 11.0. The summed E-state index contributed by atoms with van der Waals surface area (Å²) in [5.41, 5.74) is 0.367. The van der Waals surface area contributed by atoms with E-state index < -0.39 is 11.7 Å². The van der Waals surface area contributed by atoms with Crippen molar-refractivity contribution in [1.82, 2.24) is 9.80 Å². The molecule has 1 fully saturated rings. The lowest BCUT2D eigenvalue weighted by Gasteiger charge is -2.34. The van der Waals surface area contributed by atoms with Gasteiger partial charge in [0.05, 0.1) is 12.1 Å². The Morgan fingerprint density at radius 1 is 0.964 bits per heavy atom. The number of nitrogens with one attached hydrogen (secondary N) is 1. The second kappa shape index (κ2) is 8.70. The van der Waals surface area contributed by atoms with Crippen LogP contribution in [0.5, 0.6) is 0 Å². The Labute approximate surface area is 160 Å². The van der Waals surface area contributed by atoms with Crippen molar-refractivity contribution in [2.75, 3.05) is 38.0 Å². The van der Waals surface area contributed by atoms with E-state index in [1.807, 2.05) is 4.90 Å². The van der Waals surface area contributed by atoms with Crippen LogP contribution in [-0.4, -0.2) is 48.4 Å². The van der Waals surface area contributed by atoms with E-state index in [1.54, 1.807) is 12.1 Å². The maximum atomic E-state index is 13.0. The van der Waals surface area contributed by atoms with Crippen LogP contribution >= 0.6 is 0 Å². The van der Waals surface area contributed by atoms with Crippen molar-refractivity contribution in [1.29, 1.82) is 0 Å². The highest BCUT2D eigenvalue weighted by Gasteiger charge is 2.30. The molecule has 0 atom stereocenters. The van der Waals surface area contributed by atoms with Gasteiger partial charge in [-0.25, -0.2) is 4.39 Å². The molecule has 1 aliphatic heterocycles. The fraction of sp³-hybridized carbons (Fsp3) is 0.350. The molecule has 0 aliphatic carbocycles. The summed E-state index contributed by atoms with van der Waals surface area (Å²) < 4.78 is 51.2. The van der Waals surface area contributed by atoms with Gasteiger partial charge in [-0.05, 0) is 35.9 Å². The molecule has 3 rings (SSSR count). The van der Waals surface area contributed by atoms with Crippen LogP contribution in [0.4, 0.5) is 23.2 Å². The first-order valence-electron chi connectivity index (χ1n) is 8.96. The minimum atomic E-state index is -4.44. The smallest absolute Gasteiger partial charge is 0.325 e. The molecule has 0 bridgehead atoms. The molecule has 0 spiro atoms. The topological polar surface area (TPSA) is 35.6 Å². The SMILES string of the molecule is O=C(CN1CCN(Cc2ccc(F)cc2)CC1)Nc1cccc(C(F)(F)F)c1. The molecule has 4 nitrogen and oxygen atoms in total. The molecule has 2 aromatic carbocycles. The van der Waals surface area contributed by atoms with Crippen LogP contribution in [0.1, 0.15) is 11.1 Å². The van der Waals surface area contributed by atoms with Gasteiger partial charge < -0.3 is 5.32 Å². The number of alkyl halides is 3. The third-order valence-electron chi connectivity index (χ3n) is 4.63. The Kier molecular flexibility index (Phi) is 6.31. The van der Waals surface area contributed by atoms with Crippen molar-refractivity contribution in [3.8, 4) is 0 Å². The van der Waals surface area contributed by atoms with Gasteiger partial charge in [-0.15, -0.1) is 0 Å². The monoisotopic (exact) mass is 395 g/mol. The average molecular weight is 395 g/mol. The summed E-state index contributed by atoms with van der Waals surface area (Å²) in [4.78, 5) is 16.3. The predicted octanol–water partition coefficient (Wildman–Crippen LogP) is 3.60. The van der Waals surface area contributed by atoms with E-state index in [-0.39, 0.29) is 24.0 Å². The molecule has 28 heavy (non-hydrogen) atoms. The van der Waals surface area contributed by atoms with Crippen LogP contribution in [0, 0.1) is 5.82 Å². The second-order valence-electron chi connectivity index (χ2n) is 6.81. The maximum Gasteiger partial charge on any atom is 0.416 e. The zero-order valence-corrected chi connectivity index (χ0v) is 15.2. The van der Waals surface area contributed by atoms with Gasteiger partial charge in [0.15, 0.2) is 0 Å². The molecule has 0 saturated carbocycles. The molecule has 0 radical (unpaired) electrons. The summed E-state index contributed by atoms with van der Waals surface area (Å²) >= 11 is 0. The minimum absolute atomic E-state index is 0.126. The molecule has 1 aliphatic rings. The van der Waals surface area contributed by atoms with E-state index in [4.69, 9.17) is 0 Å². The van der Waals surface area contributed by atoms with E-state index in [9.17, 15) is 22.4 Å². The van der Waals surface area contributed by atoms with Gasteiger partial charge in [0.2, 0.25) is 5.91 Å². The largest absolute Gasteiger partial charge is 0.416 e. The number of carbonyl (C=O) groups is 1. The molecule has 1 saturated heterocycles. The first-order valence-corrected chi connectivity index (χ1v) is 8.96. The van der Waals surface area contributed by atoms with Gasteiger partial charge in [0.1, 0.15) is 5.82 Å². The van der Waals surface area contributed by atoms with Gasteiger partial charge in [0, 0.05) is 38.4 Å². The second-order valence-corrected chi connectivity index (χ2v) is 6.81. The lowest BCUT2D eigenvalue weighted by atomic mass is 10.2. The number of amides is 1. The Morgan fingerprint density at radius 3 is 2.25 bits per heavy atom. The number of hydrogen-bond donors (Lipinski definition) is 1. The number of hydrogen-bond acceptors (Lipinski definition) is 3. The lowest BCUT2D eigenvalue weighted by Crippen LogP contribution is -2.48. The standard InChI is InChI=1S/C20H21F4N3O/c21-17-6-4-15(5-7-17)13-26-8-10-27(11-9-26)14-19(28)25-18-3-1-2-16(12-18)20(22,23)24/h1-7,12H,8-11,13-14H2,(H,25,28). The number of piperazine rings is 1. The van der Waals surface area contributed by atoms with Crippen LogP contribution < -0.4 is 5.32 Å². The number of carbonyl (C=O) groups excluding carboxylic acids is 1. The number of benzene rings is 2. The number of halogens is 4. The van der Waals surface area contributed by atoms with Crippen LogP contribution in [0.25, 0.3) is 0 Å². The zero-order valence-electron chi connectivity index (χ0n) is 15.2. The van der Waals surface area contributed by atoms with Crippen molar-refractivity contribution in [3.63, 3.8) is 0 Å². The molecular formula is C20H21F4N3O. The van der Waals surface area contributed by atoms with Gasteiger partial charge in [-0.2, -0.15) is 13.2 Å². The maximum absolute atomic E-state index is 13.0. The first-order chi connectivity index (χ1) is 13.3. The Balaban J connectivity index is 1.45. The van der Waals surface area contributed by atoms with Crippen molar-refractivity contribution in [3.05, 3.63) is 65.5 Å². The van der Waals surface area contributed by atoms with Gasteiger partial charge in [-0.3, -0.25) is 14.6 Å². The summed E-state index contributed by atoms with van der Waals surface area (Å²) in [7, 11) is 0. The van der Waals surface area contributed by atoms with Crippen LogP contribution in [0.2, 0.25) is 0 Å². The van der Waals surface area contributed by atoms with Gasteiger partial charge >= 0.3 is 6.18 Å². The number of rotatable bonds is 5. The quantitative estimate of drug-likeness (QED) is 0.786. The third kappa shape index (κ3) is 5.77. The highest BCUT2D eigenvalue weighted by atomic mass is 19.4. The molecule has 1 heterocycles. The molecule has 150 valence electrons. The molecule has 8 heteroatoms. The molecule has 1 N–H and O–H groups in total. The van der Waals surface area contributed by atoms with Gasteiger partial charge in [0.25, 0.3) is 0 Å². The molecule has 0 unspecified atom stereocenters. The Morgan fingerprint density at radius 2 is 1.61 bits per heavy atom. The minimum Gasteiger partial charge on any atom is -0.325 e. The normalized spacial score (nSPS) is 16.1. The predicted molar refractivity (Wildman–Crippen MR) is 98.2 cm³/mol. The van der Waals surface area contributed by atoms with Crippen molar-refractivity contribution >= 4 is 11.6 Å². The molecule has 0 aromatic heterocycles. The first kappa shape index (κ1) is 20.3. The Hall–Kier alpha value is -2.45. The molecule has 2 aromatic rings. The fourth-order valence-electron chi connectivity index (χ4n) is 3.13. The van der Waals surface area contributed by atoms with Crippen molar-refractivity contribution in [2.24, 2.45) is 0 Å². The number of nitrogens with zero attached hydrogens (tertiary/aromatic N) is 2. The zero-order chi connectivity index (χ0) is 20.1. The van der Waals surface area contributed by atoms with Crippen LogP contribution in [-0.2, 0) is 17.5 Å².